The van der Waals surface area contributed by atoms with Crippen molar-refractivity contribution in [2.45, 2.75) is 13.8 Å². The molecule has 0 saturated heterocycles. The van der Waals surface area contributed by atoms with Gasteiger partial charge in [0.2, 0.25) is 5.82 Å². The predicted molar refractivity (Wildman–Crippen MR) is 67.5 cm³/mol. The molecular weight excluding hydrogens is 254 g/mol. The first-order chi connectivity index (χ1) is 8.61. The third-order valence-corrected chi connectivity index (χ3v) is 2.63. The van der Waals surface area contributed by atoms with Crippen LogP contribution in [-0.2, 0) is 4.74 Å². The first-order valence-corrected chi connectivity index (χ1v) is 5.85. The summed E-state index contributed by atoms with van der Waals surface area (Å²) >= 11 is 6.10. The quantitative estimate of drug-likeness (QED) is 0.866. The van der Waals surface area contributed by atoms with Crippen LogP contribution in [0.15, 0.2) is 18.2 Å². The second-order valence-corrected chi connectivity index (χ2v) is 4.12. The normalized spacial score (nSPS) is 10.4. The lowest BCUT2D eigenvalue weighted by Crippen LogP contribution is -2.06. The number of aromatic nitrogens is 3. The number of carbonyl (C=O) groups excluding carboxylic acids is 1. The summed E-state index contributed by atoms with van der Waals surface area (Å²) in [4.78, 5) is 15.5. The van der Waals surface area contributed by atoms with E-state index in [9.17, 15) is 4.79 Å². The van der Waals surface area contributed by atoms with Crippen molar-refractivity contribution in [1.82, 2.24) is 15.2 Å². The van der Waals surface area contributed by atoms with Crippen LogP contribution in [0.2, 0.25) is 5.02 Å². The van der Waals surface area contributed by atoms with Gasteiger partial charge in [0.15, 0.2) is 5.82 Å². The van der Waals surface area contributed by atoms with E-state index in [1.54, 1.807) is 6.92 Å². The Morgan fingerprint density at radius 3 is 2.94 bits per heavy atom. The SMILES string of the molecule is CCOC(=O)c1nc(-c2ccc(C)cc2Cl)n[nH]1. The molecule has 1 aromatic carbocycles. The van der Waals surface area contributed by atoms with Crippen LogP contribution in [0, 0.1) is 6.92 Å². The van der Waals surface area contributed by atoms with Gasteiger partial charge in [-0.05, 0) is 31.5 Å². The highest BCUT2D eigenvalue weighted by molar-refractivity contribution is 6.33. The summed E-state index contributed by atoms with van der Waals surface area (Å²) in [6.45, 7) is 3.96. The molecule has 6 heteroatoms. The van der Waals surface area contributed by atoms with Crippen LogP contribution < -0.4 is 0 Å². The fourth-order valence-electron chi connectivity index (χ4n) is 1.47. The Labute approximate surface area is 109 Å². The van der Waals surface area contributed by atoms with Crippen LogP contribution in [0.5, 0.6) is 0 Å². The zero-order valence-electron chi connectivity index (χ0n) is 10.0. The summed E-state index contributed by atoms with van der Waals surface area (Å²) in [5.41, 5.74) is 1.72. The number of esters is 1. The van der Waals surface area contributed by atoms with Crippen molar-refractivity contribution in [2.24, 2.45) is 0 Å². The zero-order valence-corrected chi connectivity index (χ0v) is 10.8. The molecule has 0 fully saturated rings. The summed E-state index contributed by atoms with van der Waals surface area (Å²) in [6, 6.07) is 5.54. The number of aryl methyl sites for hydroxylation is 1. The maximum absolute atomic E-state index is 11.4. The van der Waals surface area contributed by atoms with Crippen molar-refractivity contribution in [3.63, 3.8) is 0 Å². The molecule has 0 aliphatic carbocycles. The van der Waals surface area contributed by atoms with Gasteiger partial charge in [-0.3, -0.25) is 5.10 Å². The van der Waals surface area contributed by atoms with Gasteiger partial charge in [0.25, 0.3) is 0 Å². The Hall–Kier alpha value is -1.88. The summed E-state index contributed by atoms with van der Waals surface area (Å²) in [6.07, 6.45) is 0. The topological polar surface area (TPSA) is 67.9 Å². The molecule has 1 aromatic heterocycles. The molecule has 2 aromatic rings. The zero-order chi connectivity index (χ0) is 13.1. The Morgan fingerprint density at radius 1 is 1.50 bits per heavy atom. The lowest BCUT2D eigenvalue weighted by molar-refractivity contribution is 0.0512. The molecule has 18 heavy (non-hydrogen) atoms. The Balaban J connectivity index is 2.32. The van der Waals surface area contributed by atoms with E-state index in [4.69, 9.17) is 16.3 Å². The Morgan fingerprint density at radius 2 is 2.28 bits per heavy atom. The van der Waals surface area contributed by atoms with Gasteiger partial charge in [-0.25, -0.2) is 9.78 Å². The van der Waals surface area contributed by atoms with Crippen molar-refractivity contribution in [3.05, 3.63) is 34.6 Å². The van der Waals surface area contributed by atoms with Gasteiger partial charge in [-0.1, -0.05) is 17.7 Å². The molecule has 94 valence electrons. The minimum atomic E-state index is -0.528. The fourth-order valence-corrected chi connectivity index (χ4v) is 1.79. The highest BCUT2D eigenvalue weighted by Crippen LogP contribution is 2.25. The van der Waals surface area contributed by atoms with Crippen LogP contribution in [0.25, 0.3) is 11.4 Å². The van der Waals surface area contributed by atoms with Gasteiger partial charge < -0.3 is 4.74 Å². The van der Waals surface area contributed by atoms with Crippen molar-refractivity contribution in [3.8, 4) is 11.4 Å². The molecule has 0 saturated carbocycles. The largest absolute Gasteiger partial charge is 0.460 e. The van der Waals surface area contributed by atoms with E-state index in [2.05, 4.69) is 15.2 Å². The molecule has 0 atom stereocenters. The number of hydrogen-bond acceptors (Lipinski definition) is 4. The van der Waals surface area contributed by atoms with Gasteiger partial charge in [-0.2, -0.15) is 5.10 Å². The Kier molecular flexibility index (Phi) is 3.62. The maximum Gasteiger partial charge on any atom is 0.375 e. The lowest BCUT2D eigenvalue weighted by atomic mass is 10.1. The Bertz CT molecular complexity index is 580. The molecule has 5 nitrogen and oxygen atoms in total. The summed E-state index contributed by atoms with van der Waals surface area (Å²) < 4.78 is 4.82. The van der Waals surface area contributed by atoms with Gasteiger partial charge in [0.1, 0.15) is 0 Å². The van der Waals surface area contributed by atoms with Crippen molar-refractivity contribution in [1.29, 1.82) is 0 Å². The number of nitrogens with zero attached hydrogens (tertiary/aromatic N) is 2. The van der Waals surface area contributed by atoms with Crippen molar-refractivity contribution in [2.75, 3.05) is 6.61 Å². The van der Waals surface area contributed by atoms with Gasteiger partial charge >= 0.3 is 5.97 Å². The molecule has 2 rings (SSSR count). The maximum atomic E-state index is 11.4. The third kappa shape index (κ3) is 2.51. The van der Waals surface area contributed by atoms with Gasteiger partial charge in [0, 0.05) is 5.56 Å². The van der Waals surface area contributed by atoms with E-state index in [0.717, 1.165) is 5.56 Å². The molecule has 1 heterocycles. The van der Waals surface area contributed by atoms with Crippen LogP contribution >= 0.6 is 11.6 Å². The standard InChI is InChI=1S/C12H12ClN3O2/c1-3-18-12(17)11-14-10(15-16-11)8-5-4-7(2)6-9(8)13/h4-6H,3H2,1-2H3,(H,14,15,16). The van der Waals surface area contributed by atoms with Crippen LogP contribution in [0.4, 0.5) is 0 Å². The van der Waals surface area contributed by atoms with Crippen molar-refractivity contribution >= 4 is 17.6 Å². The van der Waals surface area contributed by atoms with Crippen LogP contribution in [-0.4, -0.2) is 27.8 Å². The molecule has 0 unspecified atom stereocenters. The average Bonchev–Trinajstić information content (AvgIpc) is 2.78. The fraction of sp³-hybridized carbons (Fsp3) is 0.250. The minimum Gasteiger partial charge on any atom is -0.460 e. The molecule has 0 radical (unpaired) electrons. The lowest BCUT2D eigenvalue weighted by Gasteiger charge is -2.00. The van der Waals surface area contributed by atoms with E-state index < -0.39 is 5.97 Å². The first-order valence-electron chi connectivity index (χ1n) is 5.48. The van der Waals surface area contributed by atoms with Crippen LogP contribution in [0.3, 0.4) is 0 Å². The number of benzene rings is 1. The summed E-state index contributed by atoms with van der Waals surface area (Å²) in [5.74, 6) is -0.0778. The van der Waals surface area contributed by atoms with Crippen LogP contribution in [0.1, 0.15) is 23.1 Å². The molecule has 0 bridgehead atoms. The second-order valence-electron chi connectivity index (χ2n) is 3.71. The van der Waals surface area contributed by atoms with E-state index in [1.807, 2.05) is 25.1 Å². The molecular formula is C12H12ClN3O2. The average molecular weight is 266 g/mol. The number of H-pyrrole nitrogens is 1. The van der Waals surface area contributed by atoms with Gasteiger partial charge in [0.05, 0.1) is 11.6 Å². The molecule has 0 aliphatic heterocycles. The number of rotatable bonds is 3. The molecule has 1 N–H and O–H groups in total. The third-order valence-electron chi connectivity index (χ3n) is 2.32. The molecule has 0 aliphatic rings. The highest BCUT2D eigenvalue weighted by Gasteiger charge is 2.15. The van der Waals surface area contributed by atoms with E-state index >= 15 is 0 Å². The minimum absolute atomic E-state index is 0.0727. The number of aromatic amines is 1. The number of nitrogens with one attached hydrogen (secondary N) is 1. The molecule has 0 spiro atoms. The number of ether oxygens (including phenoxy) is 1. The first kappa shape index (κ1) is 12.6. The van der Waals surface area contributed by atoms with E-state index in [0.29, 0.717) is 23.0 Å². The summed E-state index contributed by atoms with van der Waals surface area (Å²) in [5, 5.41) is 7.04. The van der Waals surface area contributed by atoms with Crippen molar-refractivity contribution < 1.29 is 9.53 Å². The van der Waals surface area contributed by atoms with E-state index in [1.165, 1.54) is 0 Å². The smallest absolute Gasteiger partial charge is 0.375 e. The number of hydrogen-bond donors (Lipinski definition) is 1. The predicted octanol–water partition coefficient (Wildman–Crippen LogP) is 2.61. The number of carbonyl (C=O) groups is 1. The van der Waals surface area contributed by atoms with E-state index in [-0.39, 0.29) is 5.82 Å². The molecule has 0 amide bonds. The van der Waals surface area contributed by atoms with Gasteiger partial charge in [-0.15, -0.1) is 0 Å². The number of halogens is 1. The highest BCUT2D eigenvalue weighted by atomic mass is 35.5. The second kappa shape index (κ2) is 5.18. The monoisotopic (exact) mass is 265 g/mol. The summed E-state index contributed by atoms with van der Waals surface area (Å²) in [7, 11) is 0.